The summed E-state index contributed by atoms with van der Waals surface area (Å²) in [5.41, 5.74) is 1.33. The Hall–Kier alpha value is -2.45. The summed E-state index contributed by atoms with van der Waals surface area (Å²) in [5.74, 6) is -1.30. The molecule has 2 aliphatic rings. The molecule has 2 fully saturated rings. The first kappa shape index (κ1) is 21.3. The van der Waals surface area contributed by atoms with Crippen LogP contribution in [-0.2, 0) is 20.9 Å². The first-order valence-corrected chi connectivity index (χ1v) is 10.4. The van der Waals surface area contributed by atoms with E-state index in [0.717, 1.165) is 39.3 Å². The predicted molar refractivity (Wildman–Crippen MR) is 110 cm³/mol. The second-order valence-corrected chi connectivity index (χ2v) is 7.56. The van der Waals surface area contributed by atoms with Crippen molar-refractivity contribution in [3.8, 4) is 0 Å². The number of carbonyl (C=O) groups is 3. The molecule has 1 N–H and O–H groups in total. The minimum Gasteiger partial charge on any atom is -0.353 e. The highest BCUT2D eigenvalue weighted by Gasteiger charge is 2.32. The number of hydrogen-bond donors (Lipinski definition) is 1. The van der Waals surface area contributed by atoms with Gasteiger partial charge >= 0.3 is 11.8 Å². The Bertz CT molecular complexity index is 704. The van der Waals surface area contributed by atoms with Crippen LogP contribution in [0, 0.1) is 0 Å². The van der Waals surface area contributed by atoms with Crippen LogP contribution < -0.4 is 5.32 Å². The average molecular weight is 402 g/mol. The Morgan fingerprint density at radius 2 is 1.52 bits per heavy atom. The van der Waals surface area contributed by atoms with Gasteiger partial charge in [0.15, 0.2) is 0 Å². The third kappa shape index (κ3) is 6.01. The number of benzene rings is 1. The number of piperazine rings is 2. The van der Waals surface area contributed by atoms with Crippen LogP contribution in [0.15, 0.2) is 30.3 Å². The molecule has 3 rings (SSSR count). The fourth-order valence-electron chi connectivity index (χ4n) is 3.76. The monoisotopic (exact) mass is 401 g/mol. The zero-order valence-corrected chi connectivity index (χ0v) is 17.2. The Kier molecular flexibility index (Phi) is 7.60. The van der Waals surface area contributed by atoms with E-state index in [1.807, 2.05) is 13.0 Å². The lowest BCUT2D eigenvalue weighted by Crippen LogP contribution is -2.56. The van der Waals surface area contributed by atoms with Crippen molar-refractivity contribution in [2.75, 3.05) is 65.4 Å². The molecule has 0 spiro atoms. The lowest BCUT2D eigenvalue weighted by atomic mass is 10.2. The molecule has 2 aliphatic heterocycles. The van der Waals surface area contributed by atoms with E-state index in [-0.39, 0.29) is 12.5 Å². The maximum absolute atomic E-state index is 12.2. The van der Waals surface area contributed by atoms with Gasteiger partial charge in [0, 0.05) is 65.4 Å². The molecule has 0 radical (unpaired) electrons. The van der Waals surface area contributed by atoms with E-state index in [0.29, 0.717) is 26.2 Å². The lowest BCUT2D eigenvalue weighted by Gasteiger charge is -2.35. The molecular formula is C21H31N5O3. The minimum absolute atomic E-state index is 0.0486. The van der Waals surface area contributed by atoms with Gasteiger partial charge in [-0.2, -0.15) is 0 Å². The van der Waals surface area contributed by atoms with E-state index in [2.05, 4.69) is 39.4 Å². The van der Waals surface area contributed by atoms with Gasteiger partial charge in [-0.05, 0) is 12.5 Å². The molecule has 2 saturated heterocycles. The number of amides is 3. The maximum atomic E-state index is 12.2. The van der Waals surface area contributed by atoms with E-state index in [9.17, 15) is 14.4 Å². The van der Waals surface area contributed by atoms with Crippen LogP contribution in [0.3, 0.4) is 0 Å². The van der Waals surface area contributed by atoms with Crippen LogP contribution in [0.25, 0.3) is 0 Å². The second-order valence-electron chi connectivity index (χ2n) is 7.56. The lowest BCUT2D eigenvalue weighted by molar-refractivity contribution is -0.156. The third-order valence-electron chi connectivity index (χ3n) is 5.58. The van der Waals surface area contributed by atoms with Crippen LogP contribution in [0.4, 0.5) is 0 Å². The van der Waals surface area contributed by atoms with Crippen LogP contribution in [0.2, 0.25) is 0 Å². The van der Waals surface area contributed by atoms with Crippen molar-refractivity contribution >= 4 is 17.7 Å². The number of nitrogens with one attached hydrogen (secondary N) is 1. The molecule has 8 heteroatoms. The molecule has 0 unspecified atom stereocenters. The minimum atomic E-state index is -0.581. The van der Waals surface area contributed by atoms with Crippen molar-refractivity contribution in [3.63, 3.8) is 0 Å². The molecule has 29 heavy (non-hydrogen) atoms. The van der Waals surface area contributed by atoms with Gasteiger partial charge in [0.1, 0.15) is 6.54 Å². The smallest absolute Gasteiger partial charge is 0.312 e. The summed E-state index contributed by atoms with van der Waals surface area (Å²) < 4.78 is 0. The van der Waals surface area contributed by atoms with Crippen molar-refractivity contribution in [3.05, 3.63) is 35.9 Å². The highest BCUT2D eigenvalue weighted by molar-refractivity contribution is 6.35. The second kappa shape index (κ2) is 10.4. The molecule has 158 valence electrons. The highest BCUT2D eigenvalue weighted by atomic mass is 16.2. The third-order valence-corrected chi connectivity index (χ3v) is 5.58. The Labute approximate surface area is 172 Å². The standard InChI is InChI=1S/C21H31N5O3/c1-2-25-14-15-26(21(29)20(25)28)17-19(27)22-8-9-23-10-12-24(13-11-23)16-18-6-4-3-5-7-18/h3-7H,2,8-17H2,1H3,(H,22,27). The number of hydrogen-bond acceptors (Lipinski definition) is 5. The van der Waals surface area contributed by atoms with Crippen molar-refractivity contribution in [2.24, 2.45) is 0 Å². The Morgan fingerprint density at radius 3 is 2.21 bits per heavy atom. The van der Waals surface area contributed by atoms with Crippen molar-refractivity contribution in [1.82, 2.24) is 24.9 Å². The number of rotatable bonds is 8. The fraction of sp³-hybridized carbons (Fsp3) is 0.571. The summed E-state index contributed by atoms with van der Waals surface area (Å²) in [5, 5.41) is 2.88. The maximum Gasteiger partial charge on any atom is 0.312 e. The summed E-state index contributed by atoms with van der Waals surface area (Å²) in [4.78, 5) is 43.8. The van der Waals surface area contributed by atoms with E-state index in [4.69, 9.17) is 0 Å². The normalized spacial score (nSPS) is 18.9. The molecule has 8 nitrogen and oxygen atoms in total. The van der Waals surface area contributed by atoms with Gasteiger partial charge < -0.3 is 15.1 Å². The molecule has 3 amide bonds. The van der Waals surface area contributed by atoms with Crippen molar-refractivity contribution in [1.29, 1.82) is 0 Å². The number of likely N-dealkylation sites (N-methyl/N-ethyl adjacent to an activating group) is 1. The van der Waals surface area contributed by atoms with Gasteiger partial charge in [-0.25, -0.2) is 0 Å². The first-order chi connectivity index (χ1) is 14.1. The summed E-state index contributed by atoms with van der Waals surface area (Å²) >= 11 is 0. The van der Waals surface area contributed by atoms with E-state index >= 15 is 0 Å². The molecule has 1 aromatic carbocycles. The van der Waals surface area contributed by atoms with Crippen LogP contribution in [0.1, 0.15) is 12.5 Å². The molecule has 1 aromatic rings. The van der Waals surface area contributed by atoms with E-state index < -0.39 is 11.8 Å². The van der Waals surface area contributed by atoms with Crippen LogP contribution in [-0.4, -0.2) is 103 Å². The SMILES string of the molecule is CCN1CCN(CC(=O)NCCN2CCN(Cc3ccccc3)CC2)C(=O)C1=O. The number of nitrogens with zero attached hydrogens (tertiary/aromatic N) is 4. The van der Waals surface area contributed by atoms with Gasteiger partial charge in [-0.1, -0.05) is 30.3 Å². The molecule has 0 aromatic heterocycles. The van der Waals surface area contributed by atoms with Gasteiger partial charge in [0.25, 0.3) is 0 Å². The zero-order valence-electron chi connectivity index (χ0n) is 17.2. The molecule has 0 bridgehead atoms. The first-order valence-electron chi connectivity index (χ1n) is 10.4. The van der Waals surface area contributed by atoms with Gasteiger partial charge in [-0.3, -0.25) is 24.2 Å². The van der Waals surface area contributed by atoms with Crippen molar-refractivity contribution in [2.45, 2.75) is 13.5 Å². The Morgan fingerprint density at radius 1 is 0.897 bits per heavy atom. The Balaban J connectivity index is 1.31. The van der Waals surface area contributed by atoms with Crippen LogP contribution in [0.5, 0.6) is 0 Å². The molecule has 0 saturated carbocycles. The van der Waals surface area contributed by atoms with Gasteiger partial charge in [0.2, 0.25) is 5.91 Å². The summed E-state index contributed by atoms with van der Waals surface area (Å²) in [6.45, 7) is 9.52. The van der Waals surface area contributed by atoms with Crippen molar-refractivity contribution < 1.29 is 14.4 Å². The predicted octanol–water partition coefficient (Wildman–Crippen LogP) is -0.389. The zero-order chi connectivity index (χ0) is 20.6. The van der Waals surface area contributed by atoms with E-state index in [1.54, 1.807) is 0 Å². The van der Waals surface area contributed by atoms with Gasteiger partial charge in [-0.15, -0.1) is 0 Å². The molecular weight excluding hydrogens is 370 g/mol. The highest BCUT2D eigenvalue weighted by Crippen LogP contribution is 2.08. The van der Waals surface area contributed by atoms with Crippen LogP contribution >= 0.6 is 0 Å². The topological polar surface area (TPSA) is 76.2 Å². The molecule has 2 heterocycles. The largest absolute Gasteiger partial charge is 0.353 e. The summed E-state index contributed by atoms with van der Waals surface area (Å²) in [7, 11) is 0. The molecule has 0 aliphatic carbocycles. The quantitative estimate of drug-likeness (QED) is 0.601. The summed E-state index contributed by atoms with van der Waals surface area (Å²) in [6, 6.07) is 10.5. The number of carbonyl (C=O) groups excluding carboxylic acids is 3. The fourth-order valence-corrected chi connectivity index (χ4v) is 3.76. The molecule has 0 atom stereocenters. The summed E-state index contributed by atoms with van der Waals surface area (Å²) in [6.07, 6.45) is 0. The van der Waals surface area contributed by atoms with E-state index in [1.165, 1.54) is 15.4 Å². The van der Waals surface area contributed by atoms with Gasteiger partial charge in [0.05, 0.1) is 0 Å². The average Bonchev–Trinajstić information content (AvgIpc) is 2.74.